The second kappa shape index (κ2) is 13.9. The van der Waals surface area contributed by atoms with Crippen LogP contribution in [0.1, 0.15) is 73.2 Å². The van der Waals surface area contributed by atoms with Crippen LogP contribution in [-0.2, 0) is 4.79 Å². The maximum Gasteiger partial charge on any atom is 0.253 e. The lowest BCUT2D eigenvalue weighted by Crippen LogP contribution is -2.63. The van der Waals surface area contributed by atoms with Crippen LogP contribution in [-0.4, -0.2) is 96.4 Å². The minimum absolute atomic E-state index is 0.0141. The fraction of sp³-hybridized carbons (Fsp3) is 0.576. The Kier molecular flexibility index (Phi) is 10.3. The van der Waals surface area contributed by atoms with Crippen molar-refractivity contribution in [2.45, 2.75) is 62.8 Å². The summed E-state index contributed by atoms with van der Waals surface area (Å²) < 4.78 is 0. The number of amides is 2. The third-order valence-electron chi connectivity index (χ3n) is 9.51. The standard InChI is InChI=1S/C33H44Cl2N4O2/c1-36(31(40)26-10-4-2-5-11-26)25-28(27-12-13-29(34)30(35)24-27)14-21-37-22-15-33(16-23-37,39-19-8-9-20-39)32(41)38-17-6-3-7-18-38/h2,4-5,10-13,24,28H,3,6-9,14-23,25H2,1H3. The molecular formula is C33H44Cl2N4O2. The van der Waals surface area contributed by atoms with Crippen LogP contribution in [0.15, 0.2) is 48.5 Å². The first kappa shape index (κ1) is 30.3. The number of carbonyl (C=O) groups excluding carboxylic acids is 2. The molecule has 5 rings (SSSR count). The number of carbonyl (C=O) groups is 2. The zero-order valence-corrected chi connectivity index (χ0v) is 25.9. The van der Waals surface area contributed by atoms with Crippen LogP contribution < -0.4 is 0 Å². The number of hydrogen-bond donors (Lipinski definition) is 0. The molecule has 41 heavy (non-hydrogen) atoms. The predicted octanol–water partition coefficient (Wildman–Crippen LogP) is 6.18. The highest BCUT2D eigenvalue weighted by Gasteiger charge is 2.48. The SMILES string of the molecule is CN(CC(CCN1CCC(C(=O)N2CCCCC2)(N2CCCC2)CC1)c1ccc(Cl)c(Cl)c1)C(=O)c1ccccc1. The van der Waals surface area contributed by atoms with E-state index in [1.165, 1.54) is 19.3 Å². The number of hydrogen-bond acceptors (Lipinski definition) is 4. The lowest BCUT2D eigenvalue weighted by Gasteiger charge is -2.49. The number of piperidine rings is 2. The fourth-order valence-electron chi connectivity index (χ4n) is 7.03. The second-order valence-corrected chi connectivity index (χ2v) is 12.9. The van der Waals surface area contributed by atoms with Crippen LogP contribution >= 0.6 is 23.2 Å². The molecule has 1 unspecified atom stereocenters. The summed E-state index contributed by atoms with van der Waals surface area (Å²) >= 11 is 12.7. The topological polar surface area (TPSA) is 47.1 Å². The van der Waals surface area contributed by atoms with E-state index in [9.17, 15) is 9.59 Å². The van der Waals surface area contributed by atoms with E-state index in [-0.39, 0.29) is 17.4 Å². The predicted molar refractivity (Wildman–Crippen MR) is 167 cm³/mol. The van der Waals surface area contributed by atoms with Crippen LogP contribution in [0, 0.1) is 0 Å². The molecule has 0 saturated carbocycles. The lowest BCUT2D eigenvalue weighted by atomic mass is 9.83. The summed E-state index contributed by atoms with van der Waals surface area (Å²) in [7, 11) is 1.87. The van der Waals surface area contributed by atoms with E-state index in [1.54, 1.807) is 0 Å². The fourth-order valence-corrected chi connectivity index (χ4v) is 7.34. The Morgan fingerprint density at radius 1 is 0.854 bits per heavy atom. The molecule has 3 fully saturated rings. The van der Waals surface area contributed by atoms with Gasteiger partial charge in [-0.2, -0.15) is 0 Å². The van der Waals surface area contributed by atoms with Gasteiger partial charge in [0.25, 0.3) is 5.91 Å². The Balaban J connectivity index is 1.26. The van der Waals surface area contributed by atoms with E-state index in [0.29, 0.717) is 28.1 Å². The zero-order chi connectivity index (χ0) is 28.8. The quantitative estimate of drug-likeness (QED) is 0.346. The monoisotopic (exact) mass is 598 g/mol. The molecule has 8 heteroatoms. The number of benzene rings is 2. The van der Waals surface area contributed by atoms with E-state index in [4.69, 9.17) is 23.2 Å². The van der Waals surface area contributed by atoms with E-state index in [2.05, 4.69) is 14.7 Å². The highest BCUT2D eigenvalue weighted by molar-refractivity contribution is 6.42. The summed E-state index contributed by atoms with van der Waals surface area (Å²) in [5.41, 5.74) is 1.45. The molecule has 0 aromatic heterocycles. The highest BCUT2D eigenvalue weighted by Crippen LogP contribution is 2.36. The van der Waals surface area contributed by atoms with Crippen molar-refractivity contribution < 1.29 is 9.59 Å². The van der Waals surface area contributed by atoms with Gasteiger partial charge in [-0.05, 0) is 101 Å². The molecule has 0 bridgehead atoms. The van der Waals surface area contributed by atoms with Gasteiger partial charge in [-0.25, -0.2) is 0 Å². The van der Waals surface area contributed by atoms with Gasteiger partial charge in [0.15, 0.2) is 0 Å². The molecule has 0 aliphatic carbocycles. The van der Waals surface area contributed by atoms with Crippen molar-refractivity contribution in [2.75, 3.05) is 59.4 Å². The molecule has 0 radical (unpaired) electrons. The molecule has 0 N–H and O–H groups in total. The van der Waals surface area contributed by atoms with Crippen molar-refractivity contribution in [1.82, 2.24) is 19.6 Å². The molecule has 6 nitrogen and oxygen atoms in total. The van der Waals surface area contributed by atoms with E-state index in [0.717, 1.165) is 83.5 Å². The third-order valence-corrected chi connectivity index (χ3v) is 10.2. The van der Waals surface area contributed by atoms with Gasteiger partial charge in [-0.3, -0.25) is 14.5 Å². The summed E-state index contributed by atoms with van der Waals surface area (Å²) in [5.74, 6) is 0.511. The Morgan fingerprint density at radius 3 is 2.17 bits per heavy atom. The van der Waals surface area contributed by atoms with Crippen molar-refractivity contribution in [1.29, 1.82) is 0 Å². The Bertz CT molecular complexity index is 1170. The molecule has 0 spiro atoms. The Hall–Kier alpha value is -2.12. The van der Waals surface area contributed by atoms with Gasteiger partial charge in [-0.1, -0.05) is 47.5 Å². The summed E-state index contributed by atoms with van der Waals surface area (Å²) in [6, 6.07) is 15.3. The molecule has 3 aliphatic heterocycles. The summed E-state index contributed by atoms with van der Waals surface area (Å²) in [4.78, 5) is 36.2. The molecule has 2 aromatic carbocycles. The second-order valence-electron chi connectivity index (χ2n) is 12.1. The summed E-state index contributed by atoms with van der Waals surface area (Å²) in [6.45, 7) is 7.25. The number of likely N-dealkylation sites (N-methyl/N-ethyl adjacent to an activating group) is 1. The minimum Gasteiger partial charge on any atom is -0.341 e. The number of rotatable bonds is 9. The van der Waals surface area contributed by atoms with Crippen LogP contribution in [0.5, 0.6) is 0 Å². The molecule has 1 atom stereocenters. The van der Waals surface area contributed by atoms with Gasteiger partial charge in [-0.15, -0.1) is 0 Å². The first-order valence-corrected chi connectivity index (χ1v) is 16.2. The summed E-state index contributed by atoms with van der Waals surface area (Å²) in [5, 5.41) is 1.08. The zero-order valence-electron chi connectivity index (χ0n) is 24.4. The van der Waals surface area contributed by atoms with Crippen molar-refractivity contribution in [3.63, 3.8) is 0 Å². The first-order chi connectivity index (χ1) is 19.9. The molecular weight excluding hydrogens is 555 g/mol. The number of halogens is 2. The van der Waals surface area contributed by atoms with Crippen molar-refractivity contribution in [2.24, 2.45) is 0 Å². The maximum absolute atomic E-state index is 14.0. The highest BCUT2D eigenvalue weighted by atomic mass is 35.5. The molecule has 3 saturated heterocycles. The molecule has 3 aliphatic rings. The average Bonchev–Trinajstić information content (AvgIpc) is 3.57. The largest absolute Gasteiger partial charge is 0.341 e. The van der Waals surface area contributed by atoms with Crippen molar-refractivity contribution >= 4 is 35.0 Å². The van der Waals surface area contributed by atoms with E-state index >= 15 is 0 Å². The van der Waals surface area contributed by atoms with Crippen LogP contribution in [0.2, 0.25) is 10.0 Å². The normalized spacial score (nSPS) is 20.6. The van der Waals surface area contributed by atoms with Gasteiger partial charge in [0.2, 0.25) is 5.91 Å². The smallest absolute Gasteiger partial charge is 0.253 e. The van der Waals surface area contributed by atoms with Crippen molar-refractivity contribution in [3.05, 3.63) is 69.7 Å². The summed E-state index contributed by atoms with van der Waals surface area (Å²) in [6.07, 6.45) is 8.56. The minimum atomic E-state index is -0.338. The van der Waals surface area contributed by atoms with Crippen LogP contribution in [0.4, 0.5) is 0 Å². The third kappa shape index (κ3) is 7.10. The molecule has 222 valence electrons. The molecule has 2 aromatic rings. The van der Waals surface area contributed by atoms with Gasteiger partial charge in [0, 0.05) is 51.3 Å². The molecule has 3 heterocycles. The van der Waals surface area contributed by atoms with Crippen LogP contribution in [0.25, 0.3) is 0 Å². The Labute approximate surface area is 255 Å². The van der Waals surface area contributed by atoms with E-state index < -0.39 is 0 Å². The molecule has 2 amide bonds. The van der Waals surface area contributed by atoms with Gasteiger partial charge < -0.3 is 14.7 Å². The van der Waals surface area contributed by atoms with Gasteiger partial charge in [0.05, 0.1) is 10.0 Å². The van der Waals surface area contributed by atoms with E-state index in [1.807, 2.05) is 60.5 Å². The maximum atomic E-state index is 14.0. The lowest BCUT2D eigenvalue weighted by molar-refractivity contribution is -0.148. The van der Waals surface area contributed by atoms with Gasteiger partial charge >= 0.3 is 0 Å². The van der Waals surface area contributed by atoms with Crippen LogP contribution in [0.3, 0.4) is 0 Å². The first-order valence-electron chi connectivity index (χ1n) is 15.4. The number of likely N-dealkylation sites (tertiary alicyclic amines) is 3. The van der Waals surface area contributed by atoms with Gasteiger partial charge in [0.1, 0.15) is 5.54 Å². The van der Waals surface area contributed by atoms with Crippen molar-refractivity contribution in [3.8, 4) is 0 Å². The Morgan fingerprint density at radius 2 is 1.51 bits per heavy atom. The number of nitrogens with zero attached hydrogens (tertiary/aromatic N) is 4. The average molecular weight is 600 g/mol.